The summed E-state index contributed by atoms with van der Waals surface area (Å²) in [5, 5.41) is 6.62. The Balaban J connectivity index is 2.45. The van der Waals surface area contributed by atoms with E-state index >= 15 is 0 Å². The van der Waals surface area contributed by atoms with Crippen molar-refractivity contribution in [1.29, 1.82) is 0 Å². The van der Waals surface area contributed by atoms with Crippen LogP contribution in [0, 0.1) is 5.92 Å². The van der Waals surface area contributed by atoms with Gasteiger partial charge in [0.15, 0.2) is 5.96 Å². The van der Waals surface area contributed by atoms with Crippen molar-refractivity contribution in [1.82, 2.24) is 10.6 Å². The molecule has 0 radical (unpaired) electrons. The van der Waals surface area contributed by atoms with Gasteiger partial charge in [0.2, 0.25) is 0 Å². The Morgan fingerprint density at radius 1 is 1.44 bits per heavy atom. The van der Waals surface area contributed by atoms with E-state index in [1.807, 2.05) is 13.8 Å². The zero-order valence-corrected chi connectivity index (χ0v) is 11.7. The van der Waals surface area contributed by atoms with Crippen LogP contribution in [0.3, 0.4) is 0 Å². The van der Waals surface area contributed by atoms with E-state index in [0.29, 0.717) is 12.6 Å². The fourth-order valence-electron chi connectivity index (χ4n) is 2.09. The molecule has 104 valence electrons. The first-order valence-electron chi connectivity index (χ1n) is 6.80. The molecule has 0 aromatic carbocycles. The molecule has 1 rings (SSSR count). The molecule has 1 aliphatic rings. The molecule has 0 aromatic rings. The minimum Gasteiger partial charge on any atom is -0.469 e. The van der Waals surface area contributed by atoms with Gasteiger partial charge in [-0.05, 0) is 19.8 Å². The van der Waals surface area contributed by atoms with Crippen LogP contribution in [0.4, 0.5) is 0 Å². The molecule has 1 saturated carbocycles. The highest BCUT2D eigenvalue weighted by Crippen LogP contribution is 2.17. The third-order valence-electron chi connectivity index (χ3n) is 3.17. The molecule has 1 fully saturated rings. The van der Waals surface area contributed by atoms with Crippen molar-refractivity contribution >= 4 is 11.9 Å². The van der Waals surface area contributed by atoms with Crippen LogP contribution in [0.25, 0.3) is 0 Å². The average molecular weight is 255 g/mol. The number of rotatable bonds is 5. The largest absolute Gasteiger partial charge is 0.469 e. The summed E-state index contributed by atoms with van der Waals surface area (Å²) in [6, 6.07) is 0.524. The van der Waals surface area contributed by atoms with E-state index in [0.717, 1.165) is 12.5 Å². The van der Waals surface area contributed by atoms with Crippen LogP contribution in [0.5, 0.6) is 0 Å². The Bertz CT molecular complexity index is 286. The van der Waals surface area contributed by atoms with Gasteiger partial charge < -0.3 is 15.4 Å². The molecule has 1 aliphatic carbocycles. The first kappa shape index (κ1) is 14.8. The number of methoxy groups -OCH3 is 1. The van der Waals surface area contributed by atoms with Crippen molar-refractivity contribution in [3.05, 3.63) is 0 Å². The minimum absolute atomic E-state index is 0.200. The lowest BCUT2D eigenvalue weighted by atomic mass is 10.2. The van der Waals surface area contributed by atoms with Crippen LogP contribution < -0.4 is 10.6 Å². The van der Waals surface area contributed by atoms with E-state index in [4.69, 9.17) is 0 Å². The highest BCUT2D eigenvalue weighted by molar-refractivity contribution is 5.80. The summed E-state index contributed by atoms with van der Waals surface area (Å²) < 4.78 is 4.69. The van der Waals surface area contributed by atoms with Crippen molar-refractivity contribution in [3.8, 4) is 0 Å². The number of esters is 1. The normalized spacial score (nSPS) is 18.5. The number of nitrogens with zero attached hydrogens (tertiary/aromatic N) is 1. The molecule has 2 N–H and O–H groups in total. The number of guanidine groups is 1. The number of carbonyl (C=O) groups is 1. The quantitative estimate of drug-likeness (QED) is 0.441. The second-order valence-corrected chi connectivity index (χ2v) is 4.77. The van der Waals surface area contributed by atoms with Crippen molar-refractivity contribution in [2.45, 2.75) is 45.6 Å². The molecular formula is C13H25N3O2. The number of hydrogen-bond acceptors (Lipinski definition) is 3. The molecule has 0 saturated heterocycles. The predicted molar refractivity (Wildman–Crippen MR) is 72.6 cm³/mol. The van der Waals surface area contributed by atoms with Crippen molar-refractivity contribution in [2.24, 2.45) is 10.9 Å². The summed E-state index contributed by atoms with van der Waals surface area (Å²) >= 11 is 0. The van der Waals surface area contributed by atoms with Gasteiger partial charge in [0.1, 0.15) is 0 Å². The summed E-state index contributed by atoms with van der Waals surface area (Å²) in [7, 11) is 1.41. The Morgan fingerprint density at radius 3 is 2.67 bits per heavy atom. The second kappa shape index (κ2) is 7.95. The molecule has 5 nitrogen and oxygen atoms in total. The van der Waals surface area contributed by atoms with Crippen LogP contribution in [0.1, 0.15) is 39.5 Å². The Kier molecular flexibility index (Phi) is 6.54. The van der Waals surface area contributed by atoms with Gasteiger partial charge in [0.05, 0.1) is 19.6 Å². The number of aliphatic imine (C=N–C) groups is 1. The lowest BCUT2D eigenvalue weighted by Gasteiger charge is -2.17. The van der Waals surface area contributed by atoms with Gasteiger partial charge in [-0.1, -0.05) is 19.8 Å². The maximum Gasteiger partial charge on any atom is 0.310 e. The predicted octanol–water partition coefficient (Wildman–Crippen LogP) is 1.29. The highest BCUT2D eigenvalue weighted by Gasteiger charge is 2.17. The van der Waals surface area contributed by atoms with E-state index in [1.165, 1.54) is 32.8 Å². The van der Waals surface area contributed by atoms with Crippen LogP contribution in [0.2, 0.25) is 0 Å². The number of nitrogens with one attached hydrogen (secondary N) is 2. The fraction of sp³-hybridized carbons (Fsp3) is 0.846. The average Bonchev–Trinajstić information content (AvgIpc) is 2.87. The molecule has 5 heteroatoms. The Morgan fingerprint density at radius 2 is 2.11 bits per heavy atom. The molecule has 0 spiro atoms. The van der Waals surface area contributed by atoms with Crippen molar-refractivity contribution < 1.29 is 9.53 Å². The lowest BCUT2D eigenvalue weighted by Crippen LogP contribution is -2.42. The van der Waals surface area contributed by atoms with Gasteiger partial charge in [0, 0.05) is 12.6 Å². The summed E-state index contributed by atoms with van der Waals surface area (Å²) in [6.07, 6.45) is 4.99. The first-order valence-corrected chi connectivity index (χ1v) is 6.80. The van der Waals surface area contributed by atoms with Gasteiger partial charge >= 0.3 is 5.97 Å². The van der Waals surface area contributed by atoms with E-state index in [9.17, 15) is 4.79 Å². The smallest absolute Gasteiger partial charge is 0.310 e. The SMILES string of the molecule is CCNC(=NCC(C)C(=O)OC)NC1CCCC1. The molecule has 18 heavy (non-hydrogen) atoms. The molecule has 0 heterocycles. The second-order valence-electron chi connectivity index (χ2n) is 4.77. The van der Waals surface area contributed by atoms with E-state index in [2.05, 4.69) is 20.4 Å². The Labute approximate surface area is 109 Å². The zero-order chi connectivity index (χ0) is 13.4. The summed E-state index contributed by atoms with van der Waals surface area (Å²) in [5.41, 5.74) is 0. The van der Waals surface area contributed by atoms with E-state index < -0.39 is 0 Å². The summed E-state index contributed by atoms with van der Waals surface area (Å²) in [4.78, 5) is 15.7. The monoisotopic (exact) mass is 255 g/mol. The first-order chi connectivity index (χ1) is 8.67. The standard InChI is InChI=1S/C13H25N3O2/c1-4-14-13(16-11-7-5-6-8-11)15-9-10(2)12(17)18-3/h10-11H,4-9H2,1-3H3,(H2,14,15,16). The highest BCUT2D eigenvalue weighted by atomic mass is 16.5. The molecule has 1 unspecified atom stereocenters. The summed E-state index contributed by atoms with van der Waals surface area (Å²) in [6.45, 7) is 5.14. The third-order valence-corrected chi connectivity index (χ3v) is 3.17. The molecule has 0 aromatic heterocycles. The van der Waals surface area contributed by atoms with Gasteiger partial charge in [0.25, 0.3) is 0 Å². The number of carbonyl (C=O) groups excluding carboxylic acids is 1. The van der Waals surface area contributed by atoms with Crippen molar-refractivity contribution in [2.75, 3.05) is 20.2 Å². The van der Waals surface area contributed by atoms with Crippen LogP contribution >= 0.6 is 0 Å². The van der Waals surface area contributed by atoms with E-state index in [-0.39, 0.29) is 11.9 Å². The van der Waals surface area contributed by atoms with Gasteiger partial charge in [-0.15, -0.1) is 0 Å². The third kappa shape index (κ3) is 4.94. The lowest BCUT2D eigenvalue weighted by molar-refractivity contribution is -0.144. The van der Waals surface area contributed by atoms with Crippen LogP contribution in [0.15, 0.2) is 4.99 Å². The number of hydrogen-bond donors (Lipinski definition) is 2. The van der Waals surface area contributed by atoms with Gasteiger partial charge in [-0.25, -0.2) is 0 Å². The fourth-order valence-corrected chi connectivity index (χ4v) is 2.09. The summed E-state index contributed by atoms with van der Waals surface area (Å²) in [5.74, 6) is 0.393. The van der Waals surface area contributed by atoms with E-state index in [1.54, 1.807) is 0 Å². The van der Waals surface area contributed by atoms with Gasteiger partial charge in [-0.2, -0.15) is 0 Å². The Hall–Kier alpha value is -1.26. The molecule has 1 atom stereocenters. The topological polar surface area (TPSA) is 62.7 Å². The number of ether oxygens (including phenoxy) is 1. The molecule has 0 bridgehead atoms. The minimum atomic E-state index is -0.213. The zero-order valence-electron chi connectivity index (χ0n) is 11.7. The maximum absolute atomic E-state index is 11.3. The molecular weight excluding hydrogens is 230 g/mol. The maximum atomic E-state index is 11.3. The van der Waals surface area contributed by atoms with Gasteiger partial charge in [-0.3, -0.25) is 9.79 Å². The molecule has 0 aliphatic heterocycles. The van der Waals surface area contributed by atoms with Crippen LogP contribution in [-0.4, -0.2) is 38.2 Å². The molecule has 0 amide bonds. The van der Waals surface area contributed by atoms with Crippen molar-refractivity contribution in [3.63, 3.8) is 0 Å². The van der Waals surface area contributed by atoms with Crippen LogP contribution in [-0.2, 0) is 9.53 Å².